The fourth-order valence-corrected chi connectivity index (χ4v) is 2.90. The van der Waals surface area contributed by atoms with E-state index in [1.165, 1.54) is 5.56 Å². The zero-order chi connectivity index (χ0) is 17.3. The van der Waals surface area contributed by atoms with Gasteiger partial charge in [-0.3, -0.25) is 9.78 Å². The predicted octanol–water partition coefficient (Wildman–Crippen LogP) is 3.77. The molecule has 1 N–H and O–H groups in total. The Balaban J connectivity index is 1.67. The molecule has 1 aromatic heterocycles. The molecule has 0 spiro atoms. The number of carbonyl (C=O) groups excluding carboxylic acids is 1. The van der Waals surface area contributed by atoms with Crippen LogP contribution in [0.5, 0.6) is 0 Å². The number of carbonyl (C=O) groups is 1. The van der Waals surface area contributed by atoms with E-state index >= 15 is 0 Å². The molecule has 3 aromatic rings. The molecule has 0 aliphatic heterocycles. The van der Waals surface area contributed by atoms with Crippen molar-refractivity contribution in [3.8, 4) is 0 Å². The fraction of sp³-hybridized carbons (Fsp3) is 0.182. The minimum Gasteiger partial charge on any atom is -0.355 e. The third-order valence-corrected chi connectivity index (χ3v) is 4.26. The molecule has 0 saturated carbocycles. The lowest BCUT2D eigenvalue weighted by Gasteiger charge is -2.17. The largest absolute Gasteiger partial charge is 0.355 e. The summed E-state index contributed by atoms with van der Waals surface area (Å²) in [5.41, 5.74) is 3.38. The van der Waals surface area contributed by atoms with Crippen LogP contribution in [0.4, 0.5) is 0 Å². The summed E-state index contributed by atoms with van der Waals surface area (Å²) in [6, 6.07) is 24.1. The quantitative estimate of drug-likeness (QED) is 0.716. The van der Waals surface area contributed by atoms with Gasteiger partial charge < -0.3 is 5.32 Å². The van der Waals surface area contributed by atoms with E-state index in [4.69, 9.17) is 0 Å². The topological polar surface area (TPSA) is 42.0 Å². The number of benzene rings is 2. The highest BCUT2D eigenvalue weighted by atomic mass is 16.1. The van der Waals surface area contributed by atoms with Gasteiger partial charge in [0.15, 0.2) is 0 Å². The van der Waals surface area contributed by atoms with Gasteiger partial charge in [-0.15, -0.1) is 0 Å². The number of nitrogens with zero attached hydrogens (tertiary/aromatic N) is 1. The van der Waals surface area contributed by atoms with E-state index in [-0.39, 0.29) is 11.8 Å². The Kier molecular flexibility index (Phi) is 5.94. The summed E-state index contributed by atoms with van der Waals surface area (Å²) in [5, 5.41) is 3.10. The van der Waals surface area contributed by atoms with Crippen molar-refractivity contribution in [3.63, 3.8) is 0 Å². The van der Waals surface area contributed by atoms with Crippen molar-refractivity contribution in [2.75, 3.05) is 6.54 Å². The van der Waals surface area contributed by atoms with Crippen molar-refractivity contribution >= 4 is 5.91 Å². The van der Waals surface area contributed by atoms with E-state index in [2.05, 4.69) is 22.4 Å². The first-order valence-electron chi connectivity index (χ1n) is 8.58. The molecule has 1 unspecified atom stereocenters. The third-order valence-electron chi connectivity index (χ3n) is 4.26. The van der Waals surface area contributed by atoms with Crippen molar-refractivity contribution in [3.05, 3.63) is 102 Å². The van der Waals surface area contributed by atoms with E-state index in [1.54, 1.807) is 12.4 Å². The Labute approximate surface area is 148 Å². The van der Waals surface area contributed by atoms with E-state index < -0.39 is 0 Å². The Morgan fingerprint density at radius 2 is 1.48 bits per heavy atom. The molecule has 0 saturated heterocycles. The first-order chi connectivity index (χ1) is 12.3. The van der Waals surface area contributed by atoms with E-state index in [1.807, 2.05) is 60.7 Å². The molecule has 25 heavy (non-hydrogen) atoms. The van der Waals surface area contributed by atoms with Crippen molar-refractivity contribution in [2.45, 2.75) is 18.8 Å². The minimum atomic E-state index is -0.195. The first-order valence-corrected chi connectivity index (χ1v) is 8.58. The van der Waals surface area contributed by atoms with Crippen molar-refractivity contribution in [1.29, 1.82) is 0 Å². The molecular weight excluding hydrogens is 308 g/mol. The van der Waals surface area contributed by atoms with Crippen molar-refractivity contribution in [2.24, 2.45) is 0 Å². The second-order valence-electron chi connectivity index (χ2n) is 6.05. The van der Waals surface area contributed by atoms with Crippen LogP contribution in [-0.2, 0) is 17.6 Å². The lowest BCUT2D eigenvalue weighted by Crippen LogP contribution is -2.32. The standard InChI is InChI=1S/C22H22N2O/c25-22(24-16-13-18-7-3-1-4-8-18)21(20-9-5-2-6-10-20)17-19-11-14-23-15-12-19/h1-12,14-15,21H,13,16-17H2,(H,24,25). The second-order valence-corrected chi connectivity index (χ2v) is 6.05. The predicted molar refractivity (Wildman–Crippen MR) is 100 cm³/mol. The average Bonchev–Trinajstić information content (AvgIpc) is 2.68. The number of rotatable bonds is 7. The van der Waals surface area contributed by atoms with Gasteiger partial charge in [-0.2, -0.15) is 0 Å². The van der Waals surface area contributed by atoms with Gasteiger partial charge in [0.1, 0.15) is 0 Å². The van der Waals surface area contributed by atoms with Gasteiger partial charge in [-0.05, 0) is 41.7 Å². The smallest absolute Gasteiger partial charge is 0.227 e. The van der Waals surface area contributed by atoms with Crippen LogP contribution >= 0.6 is 0 Å². The van der Waals surface area contributed by atoms with Gasteiger partial charge >= 0.3 is 0 Å². The van der Waals surface area contributed by atoms with Crippen LogP contribution in [0.3, 0.4) is 0 Å². The van der Waals surface area contributed by atoms with Crippen LogP contribution in [0.1, 0.15) is 22.6 Å². The highest BCUT2D eigenvalue weighted by molar-refractivity contribution is 5.84. The summed E-state index contributed by atoms with van der Waals surface area (Å²) in [7, 11) is 0. The van der Waals surface area contributed by atoms with Gasteiger partial charge in [-0.25, -0.2) is 0 Å². The molecule has 0 aliphatic carbocycles. The summed E-state index contributed by atoms with van der Waals surface area (Å²) in [4.78, 5) is 16.9. The summed E-state index contributed by atoms with van der Waals surface area (Å²) >= 11 is 0. The normalized spacial score (nSPS) is 11.7. The highest BCUT2D eigenvalue weighted by Crippen LogP contribution is 2.21. The maximum atomic E-state index is 12.8. The molecule has 0 aliphatic rings. The van der Waals surface area contributed by atoms with E-state index in [9.17, 15) is 4.79 Å². The summed E-state index contributed by atoms with van der Waals surface area (Å²) < 4.78 is 0. The molecule has 3 rings (SSSR count). The molecule has 126 valence electrons. The zero-order valence-corrected chi connectivity index (χ0v) is 14.1. The molecule has 0 radical (unpaired) electrons. The van der Waals surface area contributed by atoms with Crippen LogP contribution < -0.4 is 5.32 Å². The molecule has 2 aromatic carbocycles. The Morgan fingerprint density at radius 3 is 2.16 bits per heavy atom. The number of amides is 1. The van der Waals surface area contributed by atoms with Gasteiger partial charge in [0.2, 0.25) is 5.91 Å². The van der Waals surface area contributed by atoms with Crippen LogP contribution in [0.15, 0.2) is 85.2 Å². The van der Waals surface area contributed by atoms with Crippen LogP contribution in [-0.4, -0.2) is 17.4 Å². The summed E-state index contributed by atoms with van der Waals surface area (Å²) in [6.07, 6.45) is 5.04. The molecule has 1 amide bonds. The lowest BCUT2D eigenvalue weighted by atomic mass is 9.91. The van der Waals surface area contributed by atoms with Crippen LogP contribution in [0, 0.1) is 0 Å². The molecule has 3 nitrogen and oxygen atoms in total. The maximum absolute atomic E-state index is 12.8. The van der Waals surface area contributed by atoms with E-state index in [0.717, 1.165) is 17.5 Å². The van der Waals surface area contributed by atoms with Gasteiger partial charge in [0.05, 0.1) is 5.92 Å². The molecule has 1 heterocycles. The summed E-state index contributed by atoms with van der Waals surface area (Å²) in [6.45, 7) is 0.641. The monoisotopic (exact) mass is 330 g/mol. The molecule has 3 heteroatoms. The molecule has 0 bridgehead atoms. The van der Waals surface area contributed by atoms with Crippen molar-refractivity contribution in [1.82, 2.24) is 10.3 Å². The molecule has 1 atom stereocenters. The lowest BCUT2D eigenvalue weighted by molar-refractivity contribution is -0.122. The van der Waals surface area contributed by atoms with Gasteiger partial charge in [0, 0.05) is 18.9 Å². The zero-order valence-electron chi connectivity index (χ0n) is 14.1. The van der Waals surface area contributed by atoms with Gasteiger partial charge in [-0.1, -0.05) is 60.7 Å². The summed E-state index contributed by atoms with van der Waals surface area (Å²) in [5.74, 6) is -0.127. The fourth-order valence-electron chi connectivity index (χ4n) is 2.90. The molecule has 0 fully saturated rings. The number of hydrogen-bond acceptors (Lipinski definition) is 2. The van der Waals surface area contributed by atoms with Gasteiger partial charge in [0.25, 0.3) is 0 Å². The first kappa shape index (κ1) is 16.9. The molecular formula is C22H22N2O. The minimum absolute atomic E-state index is 0.0685. The Bertz CT molecular complexity index is 773. The highest BCUT2D eigenvalue weighted by Gasteiger charge is 2.20. The van der Waals surface area contributed by atoms with Crippen LogP contribution in [0.25, 0.3) is 0 Å². The average molecular weight is 330 g/mol. The maximum Gasteiger partial charge on any atom is 0.227 e. The van der Waals surface area contributed by atoms with E-state index in [0.29, 0.717) is 13.0 Å². The SMILES string of the molecule is O=C(NCCc1ccccc1)C(Cc1ccncc1)c1ccccc1. The second kappa shape index (κ2) is 8.78. The third kappa shape index (κ3) is 5.01. The Morgan fingerprint density at radius 1 is 0.840 bits per heavy atom. The number of pyridine rings is 1. The number of hydrogen-bond donors (Lipinski definition) is 1. The van der Waals surface area contributed by atoms with Crippen LogP contribution in [0.2, 0.25) is 0 Å². The number of aromatic nitrogens is 1. The number of nitrogens with one attached hydrogen (secondary N) is 1. The van der Waals surface area contributed by atoms with Crippen molar-refractivity contribution < 1.29 is 4.79 Å². The Hall–Kier alpha value is -2.94.